The van der Waals surface area contributed by atoms with E-state index in [0.717, 1.165) is 32.1 Å². The molecule has 0 fully saturated rings. The zero-order valence-electron chi connectivity index (χ0n) is 29.5. The van der Waals surface area contributed by atoms with Crippen molar-refractivity contribution in [2.75, 3.05) is 26.4 Å². The molecule has 11 heteroatoms. The second-order valence-electron chi connectivity index (χ2n) is 12.3. The van der Waals surface area contributed by atoms with Gasteiger partial charge >= 0.3 is 19.8 Å². The van der Waals surface area contributed by atoms with Crippen LogP contribution < -0.4 is 0 Å². The van der Waals surface area contributed by atoms with Crippen LogP contribution in [0.5, 0.6) is 0 Å². The molecule has 2 unspecified atom stereocenters. The molecule has 0 aliphatic heterocycles. The standard InChI is InChI=1S/C36H67O10P/c1-3-5-7-9-11-13-15-16-18-20-22-24-26-28-36(40)46-34(32-45-47(41,42)44-30-33(38)29-37)31-43-35(39)27-25-23-21-19-17-14-12-10-8-6-4-2/h16,18,22,24,33-34,37-38H,3-15,17,19-21,23,25-32H2,1-2H3,(H,41,42)/b18-16+,24-22+/t33-,34?/m0/s1. The number of phosphoric ester groups is 1. The molecule has 276 valence electrons. The van der Waals surface area contributed by atoms with Crippen molar-refractivity contribution in [2.24, 2.45) is 0 Å². The van der Waals surface area contributed by atoms with Gasteiger partial charge in [0.1, 0.15) is 12.7 Å². The highest BCUT2D eigenvalue weighted by Crippen LogP contribution is 2.43. The molecule has 0 heterocycles. The highest BCUT2D eigenvalue weighted by molar-refractivity contribution is 7.47. The molecule has 0 saturated heterocycles. The van der Waals surface area contributed by atoms with Crippen LogP contribution in [0.2, 0.25) is 0 Å². The molecular weight excluding hydrogens is 623 g/mol. The molecule has 0 radical (unpaired) electrons. The van der Waals surface area contributed by atoms with Crippen molar-refractivity contribution < 1.29 is 47.8 Å². The molecule has 0 aromatic heterocycles. The second-order valence-corrected chi connectivity index (χ2v) is 13.7. The number of unbranched alkanes of at least 4 members (excludes halogenated alkanes) is 16. The average Bonchev–Trinajstić information content (AvgIpc) is 3.05. The summed E-state index contributed by atoms with van der Waals surface area (Å²) in [4.78, 5) is 34.7. The van der Waals surface area contributed by atoms with Crippen molar-refractivity contribution in [3.05, 3.63) is 24.3 Å². The molecular formula is C36H67O10P. The molecule has 0 spiro atoms. The molecule has 0 aliphatic carbocycles. The van der Waals surface area contributed by atoms with Crippen LogP contribution in [0, 0.1) is 0 Å². The van der Waals surface area contributed by atoms with Gasteiger partial charge in [0, 0.05) is 12.8 Å². The van der Waals surface area contributed by atoms with E-state index in [9.17, 15) is 24.2 Å². The zero-order valence-corrected chi connectivity index (χ0v) is 30.4. The molecule has 0 aliphatic rings. The first-order chi connectivity index (χ1) is 22.7. The number of rotatable bonds is 34. The summed E-state index contributed by atoms with van der Waals surface area (Å²) in [7, 11) is -4.62. The van der Waals surface area contributed by atoms with Crippen LogP contribution >= 0.6 is 7.82 Å². The van der Waals surface area contributed by atoms with Gasteiger partial charge in [-0.05, 0) is 32.1 Å². The van der Waals surface area contributed by atoms with E-state index in [1.165, 1.54) is 83.5 Å². The van der Waals surface area contributed by atoms with Gasteiger partial charge in [-0.2, -0.15) is 0 Å². The van der Waals surface area contributed by atoms with Gasteiger partial charge in [0.05, 0.1) is 19.8 Å². The summed E-state index contributed by atoms with van der Waals surface area (Å²) in [6.07, 6.45) is 28.8. The van der Waals surface area contributed by atoms with Gasteiger partial charge in [0.15, 0.2) is 6.10 Å². The molecule has 0 bridgehead atoms. The summed E-state index contributed by atoms with van der Waals surface area (Å²) >= 11 is 0. The van der Waals surface area contributed by atoms with Gasteiger partial charge < -0.3 is 24.6 Å². The molecule has 0 aromatic carbocycles. The Kier molecular flexibility index (Phi) is 31.9. The predicted molar refractivity (Wildman–Crippen MR) is 187 cm³/mol. The molecule has 3 atom stereocenters. The van der Waals surface area contributed by atoms with Crippen LogP contribution in [-0.4, -0.2) is 65.7 Å². The van der Waals surface area contributed by atoms with E-state index in [4.69, 9.17) is 19.1 Å². The van der Waals surface area contributed by atoms with E-state index in [0.29, 0.717) is 12.8 Å². The largest absolute Gasteiger partial charge is 0.472 e. The Morgan fingerprint density at radius 2 is 1.15 bits per heavy atom. The first kappa shape index (κ1) is 45.5. The number of phosphoric acid groups is 1. The minimum Gasteiger partial charge on any atom is -0.462 e. The maximum Gasteiger partial charge on any atom is 0.472 e. The van der Waals surface area contributed by atoms with Crippen molar-refractivity contribution in [1.29, 1.82) is 0 Å². The number of aliphatic hydroxyl groups excluding tert-OH is 2. The zero-order chi connectivity index (χ0) is 34.9. The molecule has 10 nitrogen and oxygen atoms in total. The smallest absolute Gasteiger partial charge is 0.462 e. The van der Waals surface area contributed by atoms with Crippen LogP contribution in [0.25, 0.3) is 0 Å². The number of hydrogen-bond acceptors (Lipinski definition) is 9. The van der Waals surface area contributed by atoms with E-state index in [1.54, 1.807) is 0 Å². The van der Waals surface area contributed by atoms with Gasteiger partial charge in [0.25, 0.3) is 0 Å². The Bertz CT molecular complexity index is 848. The number of hydrogen-bond donors (Lipinski definition) is 3. The van der Waals surface area contributed by atoms with Gasteiger partial charge in [-0.25, -0.2) is 4.57 Å². The summed E-state index contributed by atoms with van der Waals surface area (Å²) in [5.41, 5.74) is 0. The van der Waals surface area contributed by atoms with E-state index < -0.39 is 51.8 Å². The van der Waals surface area contributed by atoms with Gasteiger partial charge in [0.2, 0.25) is 0 Å². The lowest BCUT2D eigenvalue weighted by Gasteiger charge is -2.20. The lowest BCUT2D eigenvalue weighted by Crippen LogP contribution is -2.29. The fourth-order valence-corrected chi connectivity index (χ4v) is 5.54. The molecule has 0 saturated carbocycles. The Morgan fingerprint density at radius 1 is 0.638 bits per heavy atom. The van der Waals surface area contributed by atoms with E-state index in [1.807, 2.05) is 12.2 Å². The van der Waals surface area contributed by atoms with Gasteiger partial charge in [-0.15, -0.1) is 0 Å². The number of carbonyl (C=O) groups excluding carboxylic acids is 2. The van der Waals surface area contributed by atoms with E-state index >= 15 is 0 Å². The number of aliphatic hydroxyl groups is 2. The molecule has 47 heavy (non-hydrogen) atoms. The average molecular weight is 691 g/mol. The summed E-state index contributed by atoms with van der Waals surface area (Å²) < 4.78 is 32.4. The lowest BCUT2D eigenvalue weighted by atomic mass is 10.1. The number of esters is 2. The monoisotopic (exact) mass is 690 g/mol. The minimum atomic E-state index is -4.62. The molecule has 3 N–H and O–H groups in total. The number of allylic oxidation sites excluding steroid dienone is 4. The summed E-state index contributed by atoms with van der Waals surface area (Å²) in [5.74, 6) is -1.00. The van der Waals surface area contributed by atoms with Crippen LogP contribution in [0.4, 0.5) is 0 Å². The SMILES string of the molecule is CCCCCCCC/C=C/C/C=C/CCC(=O)OC(COC(=O)CCCCCCCCCCCCC)COP(=O)(O)OC[C@@H](O)CO. The number of carbonyl (C=O) groups is 2. The van der Waals surface area contributed by atoms with E-state index in [2.05, 4.69) is 30.5 Å². The normalized spacial score (nSPS) is 14.4. The van der Waals surface area contributed by atoms with Crippen LogP contribution in [0.3, 0.4) is 0 Å². The van der Waals surface area contributed by atoms with Crippen LogP contribution in [0.1, 0.15) is 155 Å². The second kappa shape index (κ2) is 33.0. The fourth-order valence-electron chi connectivity index (χ4n) is 4.75. The van der Waals surface area contributed by atoms with Crippen LogP contribution in [0.15, 0.2) is 24.3 Å². The van der Waals surface area contributed by atoms with Crippen molar-refractivity contribution in [3.8, 4) is 0 Å². The first-order valence-electron chi connectivity index (χ1n) is 18.3. The van der Waals surface area contributed by atoms with Crippen LogP contribution in [-0.2, 0) is 32.7 Å². The van der Waals surface area contributed by atoms with Gasteiger partial charge in [-0.3, -0.25) is 18.6 Å². The van der Waals surface area contributed by atoms with Gasteiger partial charge in [-0.1, -0.05) is 134 Å². The van der Waals surface area contributed by atoms with Crippen molar-refractivity contribution in [1.82, 2.24) is 0 Å². The van der Waals surface area contributed by atoms with Crippen molar-refractivity contribution in [3.63, 3.8) is 0 Å². The highest BCUT2D eigenvalue weighted by atomic mass is 31.2. The quantitative estimate of drug-likeness (QED) is 0.0259. The summed E-state index contributed by atoms with van der Waals surface area (Å²) in [6.45, 7) is 2.28. The maximum atomic E-state index is 12.5. The number of ether oxygens (including phenoxy) is 2. The predicted octanol–water partition coefficient (Wildman–Crippen LogP) is 8.66. The highest BCUT2D eigenvalue weighted by Gasteiger charge is 2.27. The third-order valence-corrected chi connectivity index (χ3v) is 8.57. The maximum absolute atomic E-state index is 12.5. The molecule has 0 aromatic rings. The van der Waals surface area contributed by atoms with Crippen molar-refractivity contribution >= 4 is 19.8 Å². The molecule has 0 amide bonds. The molecule has 0 rings (SSSR count). The Hall–Kier alpha value is -1.55. The third-order valence-electron chi connectivity index (χ3n) is 7.62. The Labute approximate surface area is 285 Å². The topological polar surface area (TPSA) is 149 Å². The third kappa shape index (κ3) is 32.8. The summed E-state index contributed by atoms with van der Waals surface area (Å²) in [6, 6.07) is 0. The lowest BCUT2D eigenvalue weighted by molar-refractivity contribution is -0.161. The first-order valence-corrected chi connectivity index (χ1v) is 19.8. The minimum absolute atomic E-state index is 0.0805. The Balaban J connectivity index is 4.48. The van der Waals surface area contributed by atoms with E-state index in [-0.39, 0.29) is 19.4 Å². The Morgan fingerprint density at radius 3 is 1.72 bits per heavy atom. The fraction of sp³-hybridized carbons (Fsp3) is 0.833. The summed E-state index contributed by atoms with van der Waals surface area (Å²) in [5, 5.41) is 18.2. The van der Waals surface area contributed by atoms with Crippen molar-refractivity contribution in [2.45, 2.75) is 167 Å².